The predicted molar refractivity (Wildman–Crippen MR) is 56.9 cm³/mol. The van der Waals surface area contributed by atoms with E-state index < -0.39 is 0 Å². The maximum Gasteiger partial charge on any atom is 0.0662 e. The quantitative estimate of drug-likeness (QED) is 0.729. The maximum atomic E-state index is 5.82. The molecule has 0 atom stereocenters. The Kier molecular flexibility index (Phi) is 2.23. The van der Waals surface area contributed by atoms with Crippen LogP contribution in [0.25, 0.3) is 0 Å². The third kappa shape index (κ3) is 1.62. The molecule has 2 aromatic rings. The van der Waals surface area contributed by atoms with Gasteiger partial charge in [0.15, 0.2) is 0 Å². The molecular weight excluding hydrogens is 174 g/mol. The van der Waals surface area contributed by atoms with Crippen molar-refractivity contribution in [1.82, 2.24) is 9.78 Å². The predicted octanol–water partition coefficient (Wildman–Crippen LogP) is 1.82. The van der Waals surface area contributed by atoms with Crippen LogP contribution in [0, 0.1) is 6.92 Å². The monoisotopic (exact) mass is 187 g/mol. The zero-order valence-corrected chi connectivity index (χ0v) is 8.14. The van der Waals surface area contributed by atoms with Crippen LogP contribution in [0.5, 0.6) is 0 Å². The van der Waals surface area contributed by atoms with Crippen molar-refractivity contribution in [1.29, 1.82) is 0 Å². The molecular formula is C11H13N3. The zero-order valence-electron chi connectivity index (χ0n) is 8.14. The number of benzene rings is 1. The summed E-state index contributed by atoms with van der Waals surface area (Å²) in [5.74, 6) is 0. The molecule has 72 valence electrons. The molecule has 0 bridgehead atoms. The second-order valence-corrected chi connectivity index (χ2v) is 3.34. The van der Waals surface area contributed by atoms with Gasteiger partial charge >= 0.3 is 0 Å². The van der Waals surface area contributed by atoms with Gasteiger partial charge in [0.2, 0.25) is 0 Å². The van der Waals surface area contributed by atoms with Crippen molar-refractivity contribution in [2.45, 2.75) is 13.5 Å². The maximum absolute atomic E-state index is 5.82. The summed E-state index contributed by atoms with van der Waals surface area (Å²) in [7, 11) is 0. The third-order valence-corrected chi connectivity index (χ3v) is 2.38. The van der Waals surface area contributed by atoms with E-state index >= 15 is 0 Å². The second kappa shape index (κ2) is 3.54. The summed E-state index contributed by atoms with van der Waals surface area (Å²) in [5.41, 5.74) is 9.02. The van der Waals surface area contributed by atoms with E-state index in [4.69, 9.17) is 5.73 Å². The topological polar surface area (TPSA) is 43.8 Å². The Morgan fingerprint density at radius 2 is 2.21 bits per heavy atom. The summed E-state index contributed by atoms with van der Waals surface area (Å²) in [5, 5.41) is 4.16. The lowest BCUT2D eigenvalue weighted by Gasteiger charge is -2.07. The van der Waals surface area contributed by atoms with Crippen LogP contribution < -0.4 is 5.73 Å². The highest BCUT2D eigenvalue weighted by molar-refractivity contribution is 5.49. The van der Waals surface area contributed by atoms with Gasteiger partial charge in [-0.1, -0.05) is 12.1 Å². The number of hydrogen-bond donors (Lipinski definition) is 1. The van der Waals surface area contributed by atoms with Crippen molar-refractivity contribution < 1.29 is 0 Å². The highest BCUT2D eigenvalue weighted by Gasteiger charge is 2.01. The summed E-state index contributed by atoms with van der Waals surface area (Å²) in [6, 6.07) is 7.89. The van der Waals surface area contributed by atoms with Gasteiger partial charge in [-0.3, -0.25) is 4.68 Å². The molecule has 3 nitrogen and oxygen atoms in total. The lowest BCUT2D eigenvalue weighted by molar-refractivity contribution is 0.684. The molecule has 0 saturated heterocycles. The normalized spacial score (nSPS) is 10.4. The first-order valence-electron chi connectivity index (χ1n) is 4.59. The molecule has 0 saturated carbocycles. The number of nitrogen functional groups attached to an aromatic ring is 1. The fraction of sp³-hybridized carbons (Fsp3) is 0.182. The number of nitrogens with two attached hydrogens (primary N) is 1. The highest BCUT2D eigenvalue weighted by Crippen LogP contribution is 2.15. The van der Waals surface area contributed by atoms with Gasteiger partial charge in [-0.15, -0.1) is 0 Å². The minimum atomic E-state index is 0.782. The van der Waals surface area contributed by atoms with E-state index in [1.807, 2.05) is 36.0 Å². The molecule has 3 heteroatoms. The van der Waals surface area contributed by atoms with Gasteiger partial charge in [0, 0.05) is 18.1 Å². The minimum Gasteiger partial charge on any atom is -0.399 e. The van der Waals surface area contributed by atoms with Gasteiger partial charge in [-0.05, 0) is 30.2 Å². The van der Waals surface area contributed by atoms with E-state index in [0.717, 1.165) is 17.8 Å². The molecule has 0 amide bonds. The number of anilines is 1. The smallest absolute Gasteiger partial charge is 0.0662 e. The van der Waals surface area contributed by atoms with Gasteiger partial charge in [-0.25, -0.2) is 0 Å². The summed E-state index contributed by atoms with van der Waals surface area (Å²) < 4.78 is 1.89. The number of hydrogen-bond acceptors (Lipinski definition) is 2. The van der Waals surface area contributed by atoms with Gasteiger partial charge < -0.3 is 5.73 Å². The van der Waals surface area contributed by atoms with Gasteiger partial charge in [-0.2, -0.15) is 5.10 Å². The van der Waals surface area contributed by atoms with E-state index in [9.17, 15) is 0 Å². The average molecular weight is 187 g/mol. The Balaban J connectivity index is 2.29. The first kappa shape index (κ1) is 8.81. The molecule has 0 radical (unpaired) electrons. The van der Waals surface area contributed by atoms with E-state index in [-0.39, 0.29) is 0 Å². The molecule has 1 heterocycles. The van der Waals surface area contributed by atoms with Crippen molar-refractivity contribution in [2.75, 3.05) is 5.73 Å². The van der Waals surface area contributed by atoms with Gasteiger partial charge in [0.05, 0.1) is 6.54 Å². The largest absolute Gasteiger partial charge is 0.399 e. The second-order valence-electron chi connectivity index (χ2n) is 3.34. The Morgan fingerprint density at radius 1 is 1.36 bits per heavy atom. The van der Waals surface area contributed by atoms with E-state index in [2.05, 4.69) is 11.2 Å². The zero-order chi connectivity index (χ0) is 9.97. The minimum absolute atomic E-state index is 0.782. The highest BCUT2D eigenvalue weighted by atomic mass is 15.3. The van der Waals surface area contributed by atoms with Crippen molar-refractivity contribution in [2.24, 2.45) is 0 Å². The van der Waals surface area contributed by atoms with Crippen LogP contribution in [-0.4, -0.2) is 9.78 Å². The Hall–Kier alpha value is -1.77. The molecule has 2 N–H and O–H groups in total. The Bertz CT molecular complexity index is 418. The van der Waals surface area contributed by atoms with E-state index in [0.29, 0.717) is 0 Å². The number of aromatic nitrogens is 2. The van der Waals surface area contributed by atoms with Crippen LogP contribution in [0.2, 0.25) is 0 Å². The number of nitrogens with zero attached hydrogens (tertiary/aromatic N) is 2. The Morgan fingerprint density at radius 3 is 2.93 bits per heavy atom. The SMILES string of the molecule is Cc1c(N)cccc1Cn1cccn1. The lowest BCUT2D eigenvalue weighted by Crippen LogP contribution is -2.03. The van der Waals surface area contributed by atoms with Crippen LogP contribution in [0.15, 0.2) is 36.7 Å². The Labute approximate surface area is 83.2 Å². The van der Waals surface area contributed by atoms with Crippen LogP contribution in [-0.2, 0) is 6.54 Å². The molecule has 1 aromatic heterocycles. The summed E-state index contributed by atoms with van der Waals surface area (Å²) in [4.78, 5) is 0. The van der Waals surface area contributed by atoms with Gasteiger partial charge in [0.25, 0.3) is 0 Å². The van der Waals surface area contributed by atoms with Crippen LogP contribution >= 0.6 is 0 Å². The fourth-order valence-electron chi connectivity index (χ4n) is 1.44. The average Bonchev–Trinajstić information content (AvgIpc) is 2.66. The molecule has 0 fully saturated rings. The van der Waals surface area contributed by atoms with Crippen LogP contribution in [0.4, 0.5) is 5.69 Å². The molecule has 1 aromatic carbocycles. The third-order valence-electron chi connectivity index (χ3n) is 2.38. The lowest BCUT2D eigenvalue weighted by atomic mass is 10.1. The first-order valence-corrected chi connectivity index (χ1v) is 4.59. The fourth-order valence-corrected chi connectivity index (χ4v) is 1.44. The van der Waals surface area contributed by atoms with Crippen molar-refractivity contribution in [3.8, 4) is 0 Å². The molecule has 0 spiro atoms. The van der Waals surface area contributed by atoms with E-state index in [1.54, 1.807) is 6.20 Å². The molecule has 0 aliphatic carbocycles. The van der Waals surface area contributed by atoms with E-state index in [1.165, 1.54) is 5.56 Å². The van der Waals surface area contributed by atoms with Crippen molar-refractivity contribution in [3.05, 3.63) is 47.8 Å². The molecule has 0 aliphatic rings. The molecule has 0 unspecified atom stereocenters. The molecule has 14 heavy (non-hydrogen) atoms. The summed E-state index contributed by atoms with van der Waals surface area (Å²) in [6.45, 7) is 2.82. The van der Waals surface area contributed by atoms with Gasteiger partial charge in [0.1, 0.15) is 0 Å². The van der Waals surface area contributed by atoms with Crippen molar-refractivity contribution >= 4 is 5.69 Å². The van der Waals surface area contributed by atoms with Crippen molar-refractivity contribution in [3.63, 3.8) is 0 Å². The molecule has 2 rings (SSSR count). The molecule has 0 aliphatic heterocycles. The summed E-state index contributed by atoms with van der Waals surface area (Å²) >= 11 is 0. The summed E-state index contributed by atoms with van der Waals surface area (Å²) in [6.07, 6.45) is 3.73. The van der Waals surface area contributed by atoms with Crippen LogP contribution in [0.3, 0.4) is 0 Å². The number of rotatable bonds is 2. The van der Waals surface area contributed by atoms with Crippen LogP contribution in [0.1, 0.15) is 11.1 Å². The standard InChI is InChI=1S/C11H13N3/c1-9-10(4-2-5-11(9)12)8-14-7-3-6-13-14/h2-7H,8,12H2,1H3. The first-order chi connectivity index (χ1) is 6.77.